The maximum Gasteiger partial charge on any atom is 0.337 e. The third-order valence-corrected chi connectivity index (χ3v) is 3.08. The van der Waals surface area contributed by atoms with Gasteiger partial charge in [-0.05, 0) is 37.5 Å². The summed E-state index contributed by atoms with van der Waals surface area (Å²) in [6, 6.07) is 4.76. The number of hydrogen-bond acceptors (Lipinski definition) is 4. The quantitative estimate of drug-likeness (QED) is 0.695. The fraction of sp³-hybridized carbons (Fsp3) is 0.462. The molecule has 0 spiro atoms. The van der Waals surface area contributed by atoms with Gasteiger partial charge < -0.3 is 20.9 Å². The highest BCUT2D eigenvalue weighted by molar-refractivity contribution is 5.95. The number of benzene rings is 1. The number of nitrogen functional groups attached to an aromatic ring is 1. The summed E-state index contributed by atoms with van der Waals surface area (Å²) in [5.41, 5.74) is 7.04. The first kappa shape index (κ1) is 12.7. The lowest BCUT2D eigenvalue weighted by Gasteiger charge is -2.13. The van der Waals surface area contributed by atoms with Crippen LogP contribution in [0.15, 0.2) is 18.2 Å². The monoisotopic (exact) mass is 250 g/mol. The number of nitrogens with two attached hydrogens (primary N) is 1. The summed E-state index contributed by atoms with van der Waals surface area (Å²) in [6.07, 6.45) is 3.38. The van der Waals surface area contributed by atoms with E-state index < -0.39 is 5.97 Å². The molecule has 1 aromatic carbocycles. The largest absolute Gasteiger partial charge is 0.478 e. The van der Waals surface area contributed by atoms with E-state index in [1.165, 1.54) is 6.07 Å². The van der Waals surface area contributed by atoms with Crippen LogP contribution in [0.1, 0.15) is 29.6 Å². The third-order valence-electron chi connectivity index (χ3n) is 3.08. The predicted molar refractivity (Wildman–Crippen MR) is 69.9 cm³/mol. The zero-order valence-corrected chi connectivity index (χ0v) is 10.2. The molecule has 1 unspecified atom stereocenters. The van der Waals surface area contributed by atoms with Crippen LogP contribution in [-0.2, 0) is 4.74 Å². The first-order chi connectivity index (χ1) is 8.66. The maximum absolute atomic E-state index is 11.0. The van der Waals surface area contributed by atoms with Gasteiger partial charge in [-0.1, -0.05) is 0 Å². The van der Waals surface area contributed by atoms with Crippen molar-refractivity contribution < 1.29 is 14.6 Å². The van der Waals surface area contributed by atoms with E-state index >= 15 is 0 Å². The van der Waals surface area contributed by atoms with E-state index in [2.05, 4.69) is 5.32 Å². The Kier molecular flexibility index (Phi) is 4.04. The molecule has 0 saturated carbocycles. The molecule has 98 valence electrons. The van der Waals surface area contributed by atoms with Gasteiger partial charge in [0.1, 0.15) is 0 Å². The predicted octanol–water partition coefficient (Wildman–Crippen LogP) is 1.95. The van der Waals surface area contributed by atoms with E-state index in [0.29, 0.717) is 24.0 Å². The van der Waals surface area contributed by atoms with E-state index in [1.54, 1.807) is 12.1 Å². The maximum atomic E-state index is 11.0. The molecule has 0 bridgehead atoms. The van der Waals surface area contributed by atoms with Crippen LogP contribution < -0.4 is 11.1 Å². The van der Waals surface area contributed by atoms with Gasteiger partial charge in [0.05, 0.1) is 17.4 Å². The van der Waals surface area contributed by atoms with Gasteiger partial charge in [-0.2, -0.15) is 0 Å². The van der Waals surface area contributed by atoms with Gasteiger partial charge in [-0.3, -0.25) is 0 Å². The third kappa shape index (κ3) is 3.13. The highest BCUT2D eigenvalue weighted by atomic mass is 16.5. The van der Waals surface area contributed by atoms with E-state index in [-0.39, 0.29) is 5.56 Å². The number of anilines is 2. The number of hydrogen-bond donors (Lipinski definition) is 3. The van der Waals surface area contributed by atoms with Crippen LogP contribution >= 0.6 is 0 Å². The fourth-order valence-corrected chi connectivity index (χ4v) is 2.13. The van der Waals surface area contributed by atoms with Gasteiger partial charge in [-0.15, -0.1) is 0 Å². The van der Waals surface area contributed by atoms with Crippen molar-refractivity contribution in [2.24, 2.45) is 0 Å². The summed E-state index contributed by atoms with van der Waals surface area (Å²) in [5.74, 6) is -0.949. The normalized spacial score (nSPS) is 18.8. The molecule has 0 radical (unpaired) electrons. The zero-order valence-electron chi connectivity index (χ0n) is 10.2. The summed E-state index contributed by atoms with van der Waals surface area (Å²) in [6.45, 7) is 1.53. The van der Waals surface area contributed by atoms with Gasteiger partial charge in [0.2, 0.25) is 0 Å². The molecule has 1 fully saturated rings. The SMILES string of the molecule is Nc1ccc(C(=O)O)c(NCCC2CCCO2)c1. The second kappa shape index (κ2) is 5.73. The van der Waals surface area contributed by atoms with Crippen molar-refractivity contribution in [2.45, 2.75) is 25.4 Å². The Bertz CT molecular complexity index is 428. The van der Waals surface area contributed by atoms with Crippen molar-refractivity contribution in [3.63, 3.8) is 0 Å². The van der Waals surface area contributed by atoms with Crippen LogP contribution in [0.4, 0.5) is 11.4 Å². The lowest BCUT2D eigenvalue weighted by molar-refractivity contribution is 0.0698. The molecule has 1 atom stereocenters. The van der Waals surface area contributed by atoms with E-state index in [4.69, 9.17) is 15.6 Å². The van der Waals surface area contributed by atoms with E-state index in [0.717, 1.165) is 25.9 Å². The summed E-state index contributed by atoms with van der Waals surface area (Å²) in [4.78, 5) is 11.0. The molecule has 1 aliphatic rings. The van der Waals surface area contributed by atoms with Gasteiger partial charge in [0.25, 0.3) is 0 Å². The number of ether oxygens (including phenoxy) is 1. The van der Waals surface area contributed by atoms with Crippen molar-refractivity contribution in [1.29, 1.82) is 0 Å². The van der Waals surface area contributed by atoms with Gasteiger partial charge >= 0.3 is 5.97 Å². The molecule has 1 heterocycles. The Morgan fingerprint density at radius 3 is 3.06 bits per heavy atom. The van der Waals surface area contributed by atoms with Crippen molar-refractivity contribution in [1.82, 2.24) is 0 Å². The molecule has 1 aliphatic heterocycles. The molecule has 2 rings (SSSR count). The van der Waals surface area contributed by atoms with Crippen LogP contribution in [0.3, 0.4) is 0 Å². The number of carbonyl (C=O) groups is 1. The van der Waals surface area contributed by atoms with Crippen LogP contribution in [0.25, 0.3) is 0 Å². The van der Waals surface area contributed by atoms with Gasteiger partial charge in [0, 0.05) is 18.8 Å². The molecule has 4 N–H and O–H groups in total. The summed E-state index contributed by atoms with van der Waals surface area (Å²) in [7, 11) is 0. The summed E-state index contributed by atoms with van der Waals surface area (Å²) >= 11 is 0. The van der Waals surface area contributed by atoms with Crippen LogP contribution in [0, 0.1) is 0 Å². The minimum absolute atomic E-state index is 0.247. The number of aromatic carboxylic acids is 1. The van der Waals surface area contributed by atoms with E-state index in [1.807, 2.05) is 0 Å². The van der Waals surface area contributed by atoms with Crippen molar-refractivity contribution >= 4 is 17.3 Å². The van der Waals surface area contributed by atoms with Crippen LogP contribution in [-0.4, -0.2) is 30.3 Å². The number of rotatable bonds is 5. The molecule has 1 aromatic rings. The molecule has 0 aliphatic carbocycles. The second-order valence-electron chi connectivity index (χ2n) is 4.46. The highest BCUT2D eigenvalue weighted by Gasteiger charge is 2.15. The van der Waals surface area contributed by atoms with E-state index in [9.17, 15) is 4.79 Å². The minimum atomic E-state index is -0.949. The highest BCUT2D eigenvalue weighted by Crippen LogP contribution is 2.20. The smallest absolute Gasteiger partial charge is 0.337 e. The standard InChI is InChI=1S/C13H18N2O3/c14-9-3-4-11(13(16)17)12(8-9)15-6-5-10-2-1-7-18-10/h3-4,8,10,15H,1-2,5-7,14H2,(H,16,17). The molecular weight excluding hydrogens is 232 g/mol. The first-order valence-corrected chi connectivity index (χ1v) is 6.15. The van der Waals surface area contributed by atoms with Crippen LogP contribution in [0.2, 0.25) is 0 Å². The van der Waals surface area contributed by atoms with Crippen molar-refractivity contribution in [3.05, 3.63) is 23.8 Å². The van der Waals surface area contributed by atoms with Crippen molar-refractivity contribution in [2.75, 3.05) is 24.2 Å². The van der Waals surface area contributed by atoms with Gasteiger partial charge in [0.15, 0.2) is 0 Å². The van der Waals surface area contributed by atoms with Gasteiger partial charge in [-0.25, -0.2) is 4.79 Å². The molecule has 5 nitrogen and oxygen atoms in total. The average Bonchev–Trinajstić information content (AvgIpc) is 2.82. The Morgan fingerprint density at radius 2 is 2.39 bits per heavy atom. The Labute approximate surface area is 106 Å². The number of carboxylic acids is 1. The minimum Gasteiger partial charge on any atom is -0.478 e. The topological polar surface area (TPSA) is 84.6 Å². The first-order valence-electron chi connectivity index (χ1n) is 6.15. The molecule has 18 heavy (non-hydrogen) atoms. The number of carboxylic acid groups (broad SMARTS) is 1. The van der Waals surface area contributed by atoms with Crippen LogP contribution in [0.5, 0.6) is 0 Å². The molecule has 5 heteroatoms. The Morgan fingerprint density at radius 1 is 1.56 bits per heavy atom. The zero-order chi connectivity index (χ0) is 13.0. The Balaban J connectivity index is 1.94. The second-order valence-corrected chi connectivity index (χ2v) is 4.46. The summed E-state index contributed by atoms with van der Waals surface area (Å²) < 4.78 is 5.51. The number of nitrogens with one attached hydrogen (secondary N) is 1. The Hall–Kier alpha value is -1.75. The van der Waals surface area contributed by atoms with Crippen molar-refractivity contribution in [3.8, 4) is 0 Å². The lowest BCUT2D eigenvalue weighted by atomic mass is 10.1. The fourth-order valence-electron chi connectivity index (χ4n) is 2.13. The molecule has 0 amide bonds. The average molecular weight is 250 g/mol. The molecular formula is C13H18N2O3. The molecule has 0 aromatic heterocycles. The molecule has 1 saturated heterocycles. The summed E-state index contributed by atoms with van der Waals surface area (Å²) in [5, 5.41) is 12.2. The lowest BCUT2D eigenvalue weighted by Crippen LogP contribution is -2.14.